The van der Waals surface area contributed by atoms with Gasteiger partial charge in [-0.15, -0.1) is 24.0 Å². The van der Waals surface area contributed by atoms with E-state index in [1.165, 1.54) is 5.56 Å². The summed E-state index contributed by atoms with van der Waals surface area (Å²) in [5.74, 6) is 1.84. The maximum Gasteiger partial charge on any atom is 0.248 e. The maximum atomic E-state index is 5.51. The summed E-state index contributed by atoms with van der Waals surface area (Å²) in [6.45, 7) is 12.0. The molecule has 0 aliphatic carbocycles. The Balaban J connectivity index is 0.00000363. The maximum absolute atomic E-state index is 5.51. The van der Waals surface area contributed by atoms with Gasteiger partial charge >= 0.3 is 0 Å². The van der Waals surface area contributed by atoms with Gasteiger partial charge in [-0.2, -0.15) is 4.98 Å². The van der Waals surface area contributed by atoms with Gasteiger partial charge in [-0.05, 0) is 46.1 Å². The van der Waals surface area contributed by atoms with Crippen LogP contribution in [-0.4, -0.2) is 52.8 Å². The molecule has 1 aliphatic heterocycles. The first-order valence-corrected chi connectivity index (χ1v) is 11.4. The quantitative estimate of drug-likeness (QED) is 0.275. The highest BCUT2D eigenvalue weighted by atomic mass is 127. The summed E-state index contributed by atoms with van der Waals surface area (Å²) in [6, 6.07) is 11.6. The van der Waals surface area contributed by atoms with Crippen molar-refractivity contribution in [1.29, 1.82) is 0 Å². The van der Waals surface area contributed by atoms with Crippen molar-refractivity contribution < 1.29 is 9.26 Å². The van der Waals surface area contributed by atoms with E-state index in [1.807, 2.05) is 13.8 Å². The lowest BCUT2D eigenvalue weighted by Crippen LogP contribution is -2.51. The van der Waals surface area contributed by atoms with E-state index >= 15 is 0 Å². The molecule has 3 atom stereocenters. The minimum Gasteiger partial charge on any atom is -0.371 e. The number of likely N-dealkylation sites (tertiary alicyclic amines) is 1. The average Bonchev–Trinajstić information content (AvgIpc) is 3.24. The molecule has 2 heterocycles. The van der Waals surface area contributed by atoms with Crippen LogP contribution in [0.25, 0.3) is 0 Å². The van der Waals surface area contributed by atoms with Crippen molar-refractivity contribution in [3.05, 3.63) is 47.6 Å². The molecule has 0 saturated carbocycles. The van der Waals surface area contributed by atoms with Crippen LogP contribution in [-0.2, 0) is 17.8 Å². The molecule has 0 bridgehead atoms. The largest absolute Gasteiger partial charge is 0.371 e. The van der Waals surface area contributed by atoms with Gasteiger partial charge in [0.15, 0.2) is 11.8 Å². The first-order valence-electron chi connectivity index (χ1n) is 11.4. The smallest absolute Gasteiger partial charge is 0.248 e. The Labute approximate surface area is 208 Å². The SMILES string of the molecule is CCNC(=NCc1nc(C(C)OCC)no1)NC1CCN(Cc2ccccc2)C(C)C1.I. The highest BCUT2D eigenvalue weighted by Gasteiger charge is 2.26. The molecule has 178 valence electrons. The molecular formula is C23H37IN6O2. The van der Waals surface area contributed by atoms with Crippen molar-refractivity contribution in [3.63, 3.8) is 0 Å². The molecule has 9 heteroatoms. The Hall–Kier alpha value is -1.72. The number of rotatable bonds is 9. The monoisotopic (exact) mass is 556 g/mol. The highest BCUT2D eigenvalue weighted by molar-refractivity contribution is 14.0. The van der Waals surface area contributed by atoms with E-state index in [0.29, 0.717) is 37.0 Å². The molecule has 1 aliphatic rings. The van der Waals surface area contributed by atoms with Gasteiger partial charge in [0.25, 0.3) is 0 Å². The van der Waals surface area contributed by atoms with E-state index in [1.54, 1.807) is 0 Å². The third kappa shape index (κ3) is 8.00. The number of hydrogen-bond acceptors (Lipinski definition) is 6. The van der Waals surface area contributed by atoms with E-state index < -0.39 is 0 Å². The summed E-state index contributed by atoms with van der Waals surface area (Å²) in [7, 11) is 0. The standard InChI is InChI=1S/C23H36N6O2.HI/c1-5-24-23(25-15-21-27-22(28-31-21)18(4)30-6-2)26-20-12-13-29(17(3)14-20)16-19-10-8-7-9-11-19;/h7-11,17-18,20H,5-6,12-16H2,1-4H3,(H2,24,25,26);1H. The number of guanidine groups is 1. The molecule has 3 rings (SSSR count). The lowest BCUT2D eigenvalue weighted by atomic mass is 9.97. The second-order valence-electron chi connectivity index (χ2n) is 8.01. The second kappa shape index (κ2) is 13.7. The Bertz CT molecular complexity index is 816. The molecule has 8 nitrogen and oxygen atoms in total. The third-order valence-corrected chi connectivity index (χ3v) is 5.56. The minimum absolute atomic E-state index is 0. The van der Waals surface area contributed by atoms with Crippen LogP contribution in [0.15, 0.2) is 39.8 Å². The van der Waals surface area contributed by atoms with Crippen molar-refractivity contribution in [1.82, 2.24) is 25.7 Å². The van der Waals surface area contributed by atoms with Gasteiger partial charge in [-0.3, -0.25) is 4.90 Å². The van der Waals surface area contributed by atoms with E-state index in [4.69, 9.17) is 9.26 Å². The van der Waals surface area contributed by atoms with Gasteiger partial charge < -0.3 is 19.9 Å². The zero-order valence-electron chi connectivity index (χ0n) is 19.6. The van der Waals surface area contributed by atoms with Crippen molar-refractivity contribution in [2.24, 2.45) is 4.99 Å². The fourth-order valence-corrected chi connectivity index (χ4v) is 3.89. The van der Waals surface area contributed by atoms with Gasteiger partial charge in [0.2, 0.25) is 5.89 Å². The number of piperidine rings is 1. The Morgan fingerprint density at radius 3 is 2.78 bits per heavy atom. The van der Waals surface area contributed by atoms with Crippen LogP contribution in [0.2, 0.25) is 0 Å². The van der Waals surface area contributed by atoms with Crippen LogP contribution in [0.4, 0.5) is 0 Å². The number of aliphatic imine (C=N–C) groups is 1. The zero-order chi connectivity index (χ0) is 22.1. The molecule has 3 unspecified atom stereocenters. The van der Waals surface area contributed by atoms with E-state index in [-0.39, 0.29) is 30.1 Å². The van der Waals surface area contributed by atoms with Crippen LogP contribution < -0.4 is 10.6 Å². The van der Waals surface area contributed by atoms with Crippen molar-refractivity contribution in [2.75, 3.05) is 19.7 Å². The van der Waals surface area contributed by atoms with E-state index in [2.05, 4.69) is 74.8 Å². The van der Waals surface area contributed by atoms with Crippen molar-refractivity contribution in [3.8, 4) is 0 Å². The fraction of sp³-hybridized carbons (Fsp3) is 0.609. The van der Waals surface area contributed by atoms with Gasteiger partial charge in [0, 0.05) is 38.3 Å². The number of ether oxygens (including phenoxy) is 1. The molecule has 1 fully saturated rings. The van der Waals surface area contributed by atoms with Gasteiger partial charge in [0.05, 0.1) is 0 Å². The summed E-state index contributed by atoms with van der Waals surface area (Å²) in [5, 5.41) is 10.9. The zero-order valence-corrected chi connectivity index (χ0v) is 21.9. The number of benzene rings is 1. The molecule has 2 N–H and O–H groups in total. The first-order chi connectivity index (χ1) is 15.1. The summed E-state index contributed by atoms with van der Waals surface area (Å²) in [6.07, 6.45) is 1.98. The highest BCUT2D eigenvalue weighted by Crippen LogP contribution is 2.20. The van der Waals surface area contributed by atoms with E-state index in [9.17, 15) is 0 Å². The Kier molecular flexibility index (Phi) is 11.4. The Morgan fingerprint density at radius 2 is 2.09 bits per heavy atom. The predicted molar refractivity (Wildman–Crippen MR) is 137 cm³/mol. The normalized spacial score (nSPS) is 20.4. The Morgan fingerprint density at radius 1 is 1.31 bits per heavy atom. The molecule has 1 aromatic heterocycles. The second-order valence-corrected chi connectivity index (χ2v) is 8.01. The molecule has 0 amide bonds. The van der Waals surface area contributed by atoms with Crippen molar-refractivity contribution in [2.45, 2.75) is 71.8 Å². The summed E-state index contributed by atoms with van der Waals surface area (Å²) in [5.41, 5.74) is 1.37. The van der Waals surface area contributed by atoms with Crippen LogP contribution in [0.1, 0.15) is 63.9 Å². The molecule has 0 spiro atoms. The molecule has 32 heavy (non-hydrogen) atoms. The van der Waals surface area contributed by atoms with Crippen LogP contribution >= 0.6 is 24.0 Å². The number of nitrogens with zero attached hydrogens (tertiary/aromatic N) is 4. The van der Waals surface area contributed by atoms with Crippen LogP contribution in [0.5, 0.6) is 0 Å². The van der Waals surface area contributed by atoms with Crippen molar-refractivity contribution >= 4 is 29.9 Å². The van der Waals surface area contributed by atoms with Gasteiger partial charge in [-0.25, -0.2) is 4.99 Å². The summed E-state index contributed by atoms with van der Waals surface area (Å²) < 4.78 is 10.8. The number of hydrogen-bond donors (Lipinski definition) is 2. The van der Waals surface area contributed by atoms with Crippen LogP contribution in [0, 0.1) is 0 Å². The molecule has 1 aromatic carbocycles. The molecule has 1 saturated heterocycles. The number of nitrogens with one attached hydrogen (secondary N) is 2. The average molecular weight is 556 g/mol. The molecule has 0 radical (unpaired) electrons. The minimum atomic E-state index is -0.180. The number of aromatic nitrogens is 2. The van der Waals surface area contributed by atoms with Gasteiger partial charge in [0.1, 0.15) is 12.6 Å². The summed E-state index contributed by atoms with van der Waals surface area (Å²) >= 11 is 0. The predicted octanol–water partition coefficient (Wildman–Crippen LogP) is 3.89. The summed E-state index contributed by atoms with van der Waals surface area (Å²) in [4.78, 5) is 11.6. The first kappa shape index (κ1) is 26.5. The lowest BCUT2D eigenvalue weighted by molar-refractivity contribution is 0.0683. The lowest BCUT2D eigenvalue weighted by Gasteiger charge is -2.38. The topological polar surface area (TPSA) is 87.8 Å². The van der Waals surface area contributed by atoms with Crippen LogP contribution in [0.3, 0.4) is 0 Å². The number of halogens is 1. The molecule has 2 aromatic rings. The van der Waals surface area contributed by atoms with E-state index in [0.717, 1.165) is 38.4 Å². The molecular weight excluding hydrogens is 519 g/mol. The third-order valence-electron chi connectivity index (χ3n) is 5.56. The fourth-order valence-electron chi connectivity index (χ4n) is 3.89. The van der Waals surface area contributed by atoms with Gasteiger partial charge in [-0.1, -0.05) is 35.5 Å².